The smallest absolute Gasteiger partial charge is 0.226 e. The Morgan fingerprint density at radius 2 is 1.81 bits per heavy atom. The average molecular weight is 358 g/mol. The van der Waals surface area contributed by atoms with E-state index in [9.17, 15) is 4.79 Å². The number of anilines is 1. The molecule has 1 unspecified atom stereocenters. The number of carbonyl (C=O) groups is 1. The van der Waals surface area contributed by atoms with Gasteiger partial charge < -0.3 is 9.80 Å². The molecule has 4 heterocycles. The number of likely N-dealkylation sites (tertiary alicyclic amines) is 2. The van der Waals surface area contributed by atoms with Crippen LogP contribution in [0.15, 0.2) is 12.3 Å². The van der Waals surface area contributed by atoms with Crippen molar-refractivity contribution in [1.82, 2.24) is 19.8 Å². The number of amides is 1. The van der Waals surface area contributed by atoms with Crippen molar-refractivity contribution >= 4 is 11.7 Å². The summed E-state index contributed by atoms with van der Waals surface area (Å²) in [4.78, 5) is 28.6. The van der Waals surface area contributed by atoms with Gasteiger partial charge in [0.2, 0.25) is 5.91 Å². The molecule has 0 N–H and O–H groups in total. The summed E-state index contributed by atoms with van der Waals surface area (Å²) in [6, 6.07) is 2.63. The first-order valence-electron chi connectivity index (χ1n) is 10.3. The molecule has 1 amide bonds. The molecular formula is C20H31N5O. The second-order valence-corrected chi connectivity index (χ2v) is 8.05. The molecule has 6 heteroatoms. The molecule has 0 radical (unpaired) electrons. The molecule has 3 aliphatic rings. The number of hydrogen-bond donors (Lipinski definition) is 0. The molecular weight excluding hydrogens is 326 g/mol. The molecule has 1 aromatic rings. The van der Waals surface area contributed by atoms with Gasteiger partial charge in [0.15, 0.2) is 0 Å². The van der Waals surface area contributed by atoms with E-state index in [2.05, 4.69) is 24.7 Å². The lowest BCUT2D eigenvalue weighted by molar-refractivity contribution is -0.136. The van der Waals surface area contributed by atoms with Crippen LogP contribution in [0.5, 0.6) is 0 Å². The maximum atomic E-state index is 12.8. The van der Waals surface area contributed by atoms with Crippen LogP contribution in [0.4, 0.5) is 5.82 Å². The highest BCUT2D eigenvalue weighted by molar-refractivity contribution is 5.79. The fourth-order valence-corrected chi connectivity index (χ4v) is 4.82. The monoisotopic (exact) mass is 357 g/mol. The second-order valence-electron chi connectivity index (χ2n) is 8.05. The third-order valence-electron chi connectivity index (χ3n) is 6.29. The minimum atomic E-state index is 0.226. The van der Waals surface area contributed by atoms with Gasteiger partial charge in [-0.3, -0.25) is 9.69 Å². The van der Waals surface area contributed by atoms with Crippen LogP contribution in [0.25, 0.3) is 0 Å². The Kier molecular flexibility index (Phi) is 5.38. The van der Waals surface area contributed by atoms with Crippen LogP contribution in [0.2, 0.25) is 0 Å². The molecule has 0 aliphatic carbocycles. The number of nitrogens with zero attached hydrogens (tertiary/aromatic N) is 5. The molecule has 4 rings (SSSR count). The lowest BCUT2D eigenvalue weighted by Gasteiger charge is -2.42. The summed E-state index contributed by atoms with van der Waals surface area (Å²) >= 11 is 0. The van der Waals surface area contributed by atoms with Crippen molar-refractivity contribution in [3.8, 4) is 0 Å². The molecule has 3 saturated heterocycles. The number of carbonyl (C=O) groups excluding carboxylic acids is 1. The minimum Gasteiger partial charge on any atom is -0.356 e. The Morgan fingerprint density at radius 3 is 2.54 bits per heavy atom. The zero-order chi connectivity index (χ0) is 17.9. The van der Waals surface area contributed by atoms with E-state index in [0.29, 0.717) is 11.9 Å². The van der Waals surface area contributed by atoms with E-state index in [0.717, 1.165) is 76.6 Å². The SMILES string of the molecule is Cc1nccc(N2CCC(N3CCCC(C(=O)N4CCCC4)C3)CC2)n1. The molecule has 1 atom stereocenters. The van der Waals surface area contributed by atoms with Gasteiger partial charge in [-0.05, 0) is 58.1 Å². The van der Waals surface area contributed by atoms with Gasteiger partial charge in [0, 0.05) is 45.0 Å². The van der Waals surface area contributed by atoms with E-state index in [4.69, 9.17) is 0 Å². The molecule has 0 bridgehead atoms. The highest BCUT2D eigenvalue weighted by atomic mass is 16.2. The van der Waals surface area contributed by atoms with Crippen molar-refractivity contribution in [3.63, 3.8) is 0 Å². The van der Waals surface area contributed by atoms with Gasteiger partial charge in [-0.15, -0.1) is 0 Å². The zero-order valence-electron chi connectivity index (χ0n) is 15.9. The Balaban J connectivity index is 1.31. The standard InChI is InChI=1S/C20H31N5O/c1-16-21-9-6-19(22-16)23-13-7-18(8-14-23)25-12-4-5-17(15-25)20(26)24-10-2-3-11-24/h6,9,17-18H,2-5,7-8,10-15H2,1H3. The Morgan fingerprint density at radius 1 is 1.04 bits per heavy atom. The van der Waals surface area contributed by atoms with Gasteiger partial charge >= 0.3 is 0 Å². The number of aromatic nitrogens is 2. The topological polar surface area (TPSA) is 52.6 Å². The van der Waals surface area contributed by atoms with E-state index in [1.165, 1.54) is 12.8 Å². The van der Waals surface area contributed by atoms with E-state index < -0.39 is 0 Å². The average Bonchev–Trinajstić information content (AvgIpc) is 3.22. The normalized spacial score (nSPS) is 25.7. The number of aryl methyl sites for hydroxylation is 1. The summed E-state index contributed by atoms with van der Waals surface area (Å²) in [5.74, 6) is 2.53. The van der Waals surface area contributed by atoms with Crippen LogP contribution in [0.1, 0.15) is 44.3 Å². The third kappa shape index (κ3) is 3.85. The van der Waals surface area contributed by atoms with Gasteiger partial charge in [0.25, 0.3) is 0 Å². The van der Waals surface area contributed by atoms with Gasteiger partial charge in [0.05, 0.1) is 5.92 Å². The molecule has 26 heavy (non-hydrogen) atoms. The molecule has 3 aliphatic heterocycles. The summed E-state index contributed by atoms with van der Waals surface area (Å²) in [7, 11) is 0. The molecule has 6 nitrogen and oxygen atoms in total. The van der Waals surface area contributed by atoms with E-state index in [1.807, 2.05) is 19.2 Å². The molecule has 3 fully saturated rings. The lowest BCUT2D eigenvalue weighted by Crippen LogP contribution is -2.51. The van der Waals surface area contributed by atoms with Crippen LogP contribution >= 0.6 is 0 Å². The van der Waals surface area contributed by atoms with Crippen molar-refractivity contribution in [1.29, 1.82) is 0 Å². The Labute approximate surface area is 156 Å². The quantitative estimate of drug-likeness (QED) is 0.829. The van der Waals surface area contributed by atoms with Gasteiger partial charge in [0.1, 0.15) is 11.6 Å². The minimum absolute atomic E-state index is 0.226. The van der Waals surface area contributed by atoms with Crippen molar-refractivity contribution in [2.24, 2.45) is 5.92 Å². The van der Waals surface area contributed by atoms with Crippen LogP contribution in [-0.2, 0) is 4.79 Å². The van der Waals surface area contributed by atoms with Crippen molar-refractivity contribution < 1.29 is 4.79 Å². The summed E-state index contributed by atoms with van der Waals surface area (Å²) in [5, 5.41) is 0. The Bertz CT molecular complexity index is 622. The van der Waals surface area contributed by atoms with Crippen LogP contribution < -0.4 is 4.90 Å². The number of piperidine rings is 2. The second kappa shape index (κ2) is 7.91. The first-order chi connectivity index (χ1) is 12.7. The van der Waals surface area contributed by atoms with Gasteiger partial charge in [-0.25, -0.2) is 9.97 Å². The first kappa shape index (κ1) is 17.7. The molecule has 0 spiro atoms. The highest BCUT2D eigenvalue weighted by Gasteiger charge is 2.34. The zero-order valence-corrected chi connectivity index (χ0v) is 15.9. The highest BCUT2D eigenvalue weighted by Crippen LogP contribution is 2.27. The molecule has 142 valence electrons. The van der Waals surface area contributed by atoms with Crippen molar-refractivity contribution in [3.05, 3.63) is 18.1 Å². The first-order valence-corrected chi connectivity index (χ1v) is 10.3. The Hall–Kier alpha value is -1.69. The predicted molar refractivity (Wildman–Crippen MR) is 102 cm³/mol. The maximum Gasteiger partial charge on any atom is 0.226 e. The fourth-order valence-electron chi connectivity index (χ4n) is 4.82. The van der Waals surface area contributed by atoms with Crippen molar-refractivity contribution in [2.75, 3.05) is 44.2 Å². The summed E-state index contributed by atoms with van der Waals surface area (Å²) in [6.07, 6.45) is 8.77. The van der Waals surface area contributed by atoms with Crippen LogP contribution in [0, 0.1) is 12.8 Å². The summed E-state index contributed by atoms with van der Waals surface area (Å²) < 4.78 is 0. The molecule has 1 aromatic heterocycles. The van der Waals surface area contributed by atoms with E-state index >= 15 is 0 Å². The maximum absolute atomic E-state index is 12.8. The summed E-state index contributed by atoms with van der Waals surface area (Å²) in [5.41, 5.74) is 0. The van der Waals surface area contributed by atoms with Crippen LogP contribution in [0.3, 0.4) is 0 Å². The largest absolute Gasteiger partial charge is 0.356 e. The van der Waals surface area contributed by atoms with Crippen molar-refractivity contribution in [2.45, 2.75) is 51.5 Å². The molecule has 0 saturated carbocycles. The summed E-state index contributed by atoms with van der Waals surface area (Å²) in [6.45, 7) is 8.11. The predicted octanol–water partition coefficient (Wildman–Crippen LogP) is 2.09. The van der Waals surface area contributed by atoms with Gasteiger partial charge in [-0.1, -0.05) is 0 Å². The third-order valence-corrected chi connectivity index (χ3v) is 6.29. The fraction of sp³-hybridized carbons (Fsp3) is 0.750. The molecule has 0 aromatic carbocycles. The number of rotatable bonds is 3. The van der Waals surface area contributed by atoms with Crippen LogP contribution in [-0.4, -0.2) is 71.0 Å². The number of hydrogen-bond acceptors (Lipinski definition) is 5. The van der Waals surface area contributed by atoms with E-state index in [-0.39, 0.29) is 5.92 Å². The lowest BCUT2D eigenvalue weighted by atomic mass is 9.93. The van der Waals surface area contributed by atoms with Gasteiger partial charge in [-0.2, -0.15) is 0 Å². The van der Waals surface area contributed by atoms with E-state index in [1.54, 1.807) is 0 Å².